The Morgan fingerprint density at radius 1 is 1.33 bits per heavy atom. The lowest BCUT2D eigenvalue weighted by Gasteiger charge is -2.17. The number of carboxylic acids is 1. The predicted octanol–water partition coefficient (Wildman–Crippen LogP) is 1.79. The quantitative estimate of drug-likeness (QED) is 0.822. The molecule has 0 fully saturated rings. The molecule has 0 aliphatic carbocycles. The Bertz CT molecular complexity index is 339. The molecule has 0 aliphatic rings. The van der Waals surface area contributed by atoms with Gasteiger partial charge in [0.05, 0.1) is 6.42 Å². The van der Waals surface area contributed by atoms with E-state index in [1.54, 1.807) is 12.4 Å². The predicted molar refractivity (Wildman–Crippen MR) is 56.7 cm³/mol. The van der Waals surface area contributed by atoms with Crippen LogP contribution in [0, 0.1) is 0 Å². The molecule has 0 saturated heterocycles. The molecular weight excluding hydrogens is 192 g/mol. The first-order valence-electron chi connectivity index (χ1n) is 4.93. The number of rotatable bonds is 3. The van der Waals surface area contributed by atoms with E-state index >= 15 is 0 Å². The molecule has 0 amide bonds. The van der Waals surface area contributed by atoms with Crippen molar-refractivity contribution in [2.24, 2.45) is 0 Å². The van der Waals surface area contributed by atoms with Gasteiger partial charge in [0.2, 0.25) is 0 Å². The van der Waals surface area contributed by atoms with Crippen LogP contribution in [0.15, 0.2) is 12.4 Å². The smallest absolute Gasteiger partial charge is 0.303 e. The fraction of sp³-hybridized carbons (Fsp3) is 0.545. The van der Waals surface area contributed by atoms with Crippen molar-refractivity contribution in [3.8, 4) is 0 Å². The summed E-state index contributed by atoms with van der Waals surface area (Å²) < 4.78 is 0. The van der Waals surface area contributed by atoms with Crippen molar-refractivity contribution in [2.45, 2.75) is 39.0 Å². The van der Waals surface area contributed by atoms with Crippen LogP contribution >= 0.6 is 0 Å². The van der Waals surface area contributed by atoms with E-state index in [9.17, 15) is 4.79 Å². The Balaban J connectivity index is 2.69. The Labute approximate surface area is 89.4 Å². The second-order valence-corrected chi connectivity index (χ2v) is 4.53. The van der Waals surface area contributed by atoms with E-state index in [1.165, 1.54) is 0 Å². The van der Waals surface area contributed by atoms with Crippen LogP contribution in [-0.4, -0.2) is 21.0 Å². The average molecular weight is 208 g/mol. The lowest BCUT2D eigenvalue weighted by Crippen LogP contribution is -2.13. The van der Waals surface area contributed by atoms with Crippen LogP contribution in [-0.2, 0) is 16.6 Å². The number of hydrogen-bond donors (Lipinski definition) is 1. The van der Waals surface area contributed by atoms with E-state index in [4.69, 9.17) is 5.11 Å². The maximum Gasteiger partial charge on any atom is 0.303 e. The maximum atomic E-state index is 10.3. The zero-order chi connectivity index (χ0) is 11.5. The summed E-state index contributed by atoms with van der Waals surface area (Å²) in [7, 11) is 0. The lowest BCUT2D eigenvalue weighted by atomic mass is 9.89. The van der Waals surface area contributed by atoms with Crippen LogP contribution in [0.1, 0.15) is 38.6 Å². The van der Waals surface area contributed by atoms with E-state index in [0.29, 0.717) is 12.2 Å². The second kappa shape index (κ2) is 4.38. The first kappa shape index (κ1) is 11.6. The van der Waals surface area contributed by atoms with E-state index < -0.39 is 5.97 Å². The van der Waals surface area contributed by atoms with Crippen molar-refractivity contribution in [1.82, 2.24) is 9.97 Å². The van der Waals surface area contributed by atoms with Gasteiger partial charge in [-0.05, 0) is 11.0 Å². The van der Waals surface area contributed by atoms with Crippen molar-refractivity contribution < 1.29 is 9.90 Å². The molecular formula is C11H16N2O2. The lowest BCUT2D eigenvalue weighted by molar-refractivity contribution is -0.137. The van der Waals surface area contributed by atoms with Crippen LogP contribution in [0.25, 0.3) is 0 Å². The summed E-state index contributed by atoms with van der Waals surface area (Å²) in [6.45, 7) is 6.26. The fourth-order valence-corrected chi connectivity index (χ4v) is 1.09. The Morgan fingerprint density at radius 3 is 2.27 bits per heavy atom. The number of carboxylic acid groups (broad SMARTS) is 1. The summed E-state index contributed by atoms with van der Waals surface area (Å²) in [5.41, 5.74) is 1.09. The van der Waals surface area contributed by atoms with Crippen LogP contribution in [0.3, 0.4) is 0 Å². The number of aromatic nitrogens is 2. The van der Waals surface area contributed by atoms with Gasteiger partial charge in [-0.2, -0.15) is 0 Å². The standard InChI is InChI=1S/C11H16N2O2/c1-11(2,3)8-6-12-9(13-7-8)4-5-10(14)15/h6-7H,4-5H2,1-3H3,(H,14,15). The van der Waals surface area contributed by atoms with Crippen LogP contribution in [0.2, 0.25) is 0 Å². The molecule has 1 rings (SSSR count). The van der Waals surface area contributed by atoms with Crippen molar-refractivity contribution in [1.29, 1.82) is 0 Å². The van der Waals surface area contributed by atoms with Crippen molar-refractivity contribution in [3.63, 3.8) is 0 Å². The molecule has 0 radical (unpaired) electrons. The van der Waals surface area contributed by atoms with Gasteiger partial charge in [0.15, 0.2) is 0 Å². The van der Waals surface area contributed by atoms with Crippen LogP contribution in [0.4, 0.5) is 0 Å². The summed E-state index contributed by atoms with van der Waals surface area (Å²) >= 11 is 0. The third-order valence-corrected chi connectivity index (χ3v) is 2.13. The van der Waals surface area contributed by atoms with Gasteiger partial charge in [-0.1, -0.05) is 20.8 Å². The minimum absolute atomic E-state index is 0.0331. The molecule has 0 unspecified atom stereocenters. The van der Waals surface area contributed by atoms with Gasteiger partial charge in [-0.15, -0.1) is 0 Å². The van der Waals surface area contributed by atoms with E-state index in [-0.39, 0.29) is 11.8 Å². The minimum atomic E-state index is -0.821. The number of hydrogen-bond acceptors (Lipinski definition) is 3. The zero-order valence-electron chi connectivity index (χ0n) is 9.32. The van der Waals surface area contributed by atoms with Crippen molar-refractivity contribution in [3.05, 3.63) is 23.8 Å². The third-order valence-electron chi connectivity index (χ3n) is 2.13. The van der Waals surface area contributed by atoms with Crippen molar-refractivity contribution in [2.75, 3.05) is 0 Å². The molecule has 0 saturated carbocycles. The van der Waals surface area contributed by atoms with Crippen LogP contribution in [0.5, 0.6) is 0 Å². The molecule has 0 bridgehead atoms. The number of carbonyl (C=O) groups is 1. The molecule has 1 aromatic heterocycles. The number of aliphatic carboxylic acids is 1. The Morgan fingerprint density at radius 2 is 1.87 bits per heavy atom. The van der Waals surface area contributed by atoms with E-state index in [2.05, 4.69) is 30.7 Å². The normalized spacial score (nSPS) is 11.4. The molecule has 82 valence electrons. The van der Waals surface area contributed by atoms with E-state index in [0.717, 1.165) is 5.56 Å². The van der Waals surface area contributed by atoms with Gasteiger partial charge >= 0.3 is 5.97 Å². The third kappa shape index (κ3) is 3.65. The summed E-state index contributed by atoms with van der Waals surface area (Å²) in [4.78, 5) is 18.6. The maximum absolute atomic E-state index is 10.3. The van der Waals surface area contributed by atoms with Crippen LogP contribution < -0.4 is 0 Å². The van der Waals surface area contributed by atoms with Gasteiger partial charge in [-0.25, -0.2) is 9.97 Å². The molecule has 0 spiro atoms. The first-order chi connectivity index (χ1) is 6.89. The van der Waals surface area contributed by atoms with Gasteiger partial charge in [0.25, 0.3) is 0 Å². The van der Waals surface area contributed by atoms with Crippen molar-refractivity contribution >= 4 is 5.97 Å². The number of aryl methyl sites for hydroxylation is 1. The summed E-state index contributed by atoms with van der Waals surface area (Å²) in [5.74, 6) is -0.233. The fourth-order valence-electron chi connectivity index (χ4n) is 1.09. The molecule has 1 heterocycles. The topological polar surface area (TPSA) is 63.1 Å². The minimum Gasteiger partial charge on any atom is -0.481 e. The molecule has 0 aliphatic heterocycles. The first-order valence-corrected chi connectivity index (χ1v) is 4.93. The van der Waals surface area contributed by atoms with Gasteiger partial charge in [0.1, 0.15) is 5.82 Å². The van der Waals surface area contributed by atoms with Gasteiger partial charge in [-0.3, -0.25) is 4.79 Å². The summed E-state index contributed by atoms with van der Waals surface area (Å²) in [6, 6.07) is 0. The molecule has 0 atom stereocenters. The average Bonchev–Trinajstić information content (AvgIpc) is 2.14. The second-order valence-electron chi connectivity index (χ2n) is 4.53. The zero-order valence-corrected chi connectivity index (χ0v) is 9.32. The highest BCUT2D eigenvalue weighted by molar-refractivity contribution is 5.66. The van der Waals surface area contributed by atoms with Gasteiger partial charge < -0.3 is 5.11 Å². The molecule has 0 aromatic carbocycles. The Kier molecular flexibility index (Phi) is 3.39. The van der Waals surface area contributed by atoms with E-state index in [1.807, 2.05) is 0 Å². The highest BCUT2D eigenvalue weighted by Gasteiger charge is 2.14. The molecule has 1 N–H and O–H groups in total. The Hall–Kier alpha value is -1.45. The number of nitrogens with zero attached hydrogens (tertiary/aromatic N) is 2. The molecule has 4 nitrogen and oxygen atoms in total. The summed E-state index contributed by atoms with van der Waals surface area (Å²) in [5, 5.41) is 8.50. The monoisotopic (exact) mass is 208 g/mol. The molecule has 4 heteroatoms. The highest BCUT2D eigenvalue weighted by atomic mass is 16.4. The molecule has 1 aromatic rings. The SMILES string of the molecule is CC(C)(C)c1cnc(CCC(=O)O)nc1. The highest BCUT2D eigenvalue weighted by Crippen LogP contribution is 2.19. The molecule has 15 heavy (non-hydrogen) atoms. The summed E-state index contributed by atoms with van der Waals surface area (Å²) in [6.07, 6.45) is 4.00. The largest absolute Gasteiger partial charge is 0.481 e. The van der Waals surface area contributed by atoms with Gasteiger partial charge in [0, 0.05) is 18.8 Å².